The lowest BCUT2D eigenvalue weighted by Gasteiger charge is -2.32. The number of aryl methyl sites for hydroxylation is 1. The Balaban J connectivity index is 1.32. The quantitative estimate of drug-likeness (QED) is 0.787. The highest BCUT2D eigenvalue weighted by atomic mass is 16.5. The number of hydrogen-bond acceptors (Lipinski definition) is 6. The van der Waals surface area contributed by atoms with Crippen LogP contribution in [0.25, 0.3) is 5.69 Å². The summed E-state index contributed by atoms with van der Waals surface area (Å²) in [6.45, 7) is 3.85. The molecule has 1 aromatic carbocycles. The number of nitrogens with zero attached hydrogens (tertiary/aromatic N) is 4. The molecule has 2 heterocycles. The van der Waals surface area contributed by atoms with Gasteiger partial charge in [-0.15, -0.1) is 5.10 Å². The zero-order valence-corrected chi connectivity index (χ0v) is 15.5. The van der Waals surface area contributed by atoms with E-state index in [1.54, 1.807) is 4.68 Å². The lowest BCUT2D eigenvalue weighted by molar-refractivity contribution is -0.125. The van der Waals surface area contributed by atoms with Crippen molar-refractivity contribution in [2.45, 2.75) is 44.8 Å². The zero-order valence-electron chi connectivity index (χ0n) is 15.5. The second-order valence-corrected chi connectivity index (χ2v) is 7.33. The summed E-state index contributed by atoms with van der Waals surface area (Å²) in [5.74, 6) is 1.42. The topological polar surface area (TPSA) is 91.2 Å². The fourth-order valence-electron chi connectivity index (χ4n) is 3.27. The number of carbonyl (C=O) groups excluding carboxylic acids is 1. The maximum Gasteiger partial charge on any atom is 0.224 e. The van der Waals surface area contributed by atoms with Crippen LogP contribution < -0.4 is 5.32 Å². The molecule has 1 aliphatic heterocycles. The molecule has 1 aliphatic carbocycles. The van der Waals surface area contributed by atoms with Gasteiger partial charge in [0, 0.05) is 13.2 Å². The Morgan fingerprint density at radius 2 is 2.11 bits per heavy atom. The van der Waals surface area contributed by atoms with E-state index in [0.717, 1.165) is 30.1 Å². The predicted molar refractivity (Wildman–Crippen MR) is 97.4 cm³/mol. The molecule has 2 atom stereocenters. The van der Waals surface area contributed by atoms with E-state index in [1.165, 1.54) is 12.8 Å². The predicted octanol–water partition coefficient (Wildman–Crippen LogP) is 1.21. The average molecular weight is 371 g/mol. The van der Waals surface area contributed by atoms with E-state index in [1.807, 2.05) is 31.2 Å². The lowest BCUT2D eigenvalue weighted by atomic mass is 10.1. The van der Waals surface area contributed by atoms with Crippen LogP contribution in [0.3, 0.4) is 0 Å². The van der Waals surface area contributed by atoms with E-state index in [0.29, 0.717) is 25.6 Å². The fraction of sp³-hybridized carbons (Fsp3) is 0.579. The van der Waals surface area contributed by atoms with Gasteiger partial charge in [0.25, 0.3) is 0 Å². The zero-order chi connectivity index (χ0) is 18.6. The number of ether oxygens (including phenoxy) is 2. The highest BCUT2D eigenvalue weighted by molar-refractivity contribution is 5.79. The van der Waals surface area contributed by atoms with Crippen molar-refractivity contribution < 1.29 is 14.3 Å². The van der Waals surface area contributed by atoms with Gasteiger partial charge in [-0.1, -0.05) is 12.1 Å². The summed E-state index contributed by atoms with van der Waals surface area (Å²) in [7, 11) is 0. The van der Waals surface area contributed by atoms with E-state index < -0.39 is 0 Å². The number of rotatable bonds is 7. The summed E-state index contributed by atoms with van der Waals surface area (Å²) in [5.41, 5.74) is 1.81. The third kappa shape index (κ3) is 4.70. The Kier molecular flexibility index (Phi) is 5.45. The first-order valence-electron chi connectivity index (χ1n) is 9.52. The van der Waals surface area contributed by atoms with E-state index in [9.17, 15) is 4.79 Å². The summed E-state index contributed by atoms with van der Waals surface area (Å²) in [4.78, 5) is 12.5. The van der Waals surface area contributed by atoms with Crippen LogP contribution in [-0.4, -0.2) is 58.1 Å². The second-order valence-electron chi connectivity index (χ2n) is 7.33. The van der Waals surface area contributed by atoms with Gasteiger partial charge in [0.1, 0.15) is 0 Å². The van der Waals surface area contributed by atoms with Gasteiger partial charge in [0.05, 0.1) is 30.9 Å². The molecule has 2 aliphatic rings. The molecule has 0 unspecified atom stereocenters. The molecular weight excluding hydrogens is 346 g/mol. The summed E-state index contributed by atoms with van der Waals surface area (Å²) < 4.78 is 13.2. The van der Waals surface area contributed by atoms with Gasteiger partial charge in [0.2, 0.25) is 5.91 Å². The van der Waals surface area contributed by atoms with Crippen molar-refractivity contribution in [1.29, 1.82) is 0 Å². The number of aromatic nitrogens is 4. The third-order valence-electron chi connectivity index (χ3n) is 5.05. The third-order valence-corrected chi connectivity index (χ3v) is 5.05. The van der Waals surface area contributed by atoms with Crippen LogP contribution >= 0.6 is 0 Å². The van der Waals surface area contributed by atoms with Gasteiger partial charge < -0.3 is 14.8 Å². The highest BCUT2D eigenvalue weighted by Gasteiger charge is 2.30. The Morgan fingerprint density at radius 1 is 1.30 bits per heavy atom. The molecule has 2 aromatic rings. The van der Waals surface area contributed by atoms with Crippen molar-refractivity contribution in [3.63, 3.8) is 0 Å². The molecule has 1 N–H and O–H groups in total. The molecule has 1 aromatic heterocycles. The van der Waals surface area contributed by atoms with Crippen LogP contribution in [-0.2, 0) is 20.7 Å². The molecule has 0 radical (unpaired) electrons. The van der Waals surface area contributed by atoms with Gasteiger partial charge in [-0.25, -0.2) is 0 Å². The average Bonchev–Trinajstić information content (AvgIpc) is 3.41. The molecule has 144 valence electrons. The van der Waals surface area contributed by atoms with Crippen molar-refractivity contribution in [2.75, 3.05) is 19.8 Å². The van der Waals surface area contributed by atoms with E-state index in [4.69, 9.17) is 9.47 Å². The van der Waals surface area contributed by atoms with Crippen LogP contribution in [0.1, 0.15) is 30.7 Å². The van der Waals surface area contributed by atoms with E-state index in [-0.39, 0.29) is 18.1 Å². The van der Waals surface area contributed by atoms with Crippen LogP contribution in [0.15, 0.2) is 24.3 Å². The van der Waals surface area contributed by atoms with Gasteiger partial charge >= 0.3 is 0 Å². The summed E-state index contributed by atoms with van der Waals surface area (Å²) in [6.07, 6.45) is 3.73. The molecule has 0 bridgehead atoms. The largest absolute Gasteiger partial charge is 0.379 e. The van der Waals surface area contributed by atoms with Crippen molar-refractivity contribution in [1.82, 2.24) is 25.5 Å². The monoisotopic (exact) mass is 371 g/mol. The molecule has 0 spiro atoms. The Hall–Kier alpha value is -2.32. The van der Waals surface area contributed by atoms with Crippen LogP contribution in [0.5, 0.6) is 0 Å². The van der Waals surface area contributed by atoms with Crippen molar-refractivity contribution >= 4 is 5.91 Å². The van der Waals surface area contributed by atoms with Crippen molar-refractivity contribution in [3.8, 4) is 5.69 Å². The van der Waals surface area contributed by atoms with Gasteiger partial charge in [-0.2, -0.15) is 4.68 Å². The number of benzene rings is 1. The number of hydrogen-bond donors (Lipinski definition) is 1. The molecule has 27 heavy (non-hydrogen) atoms. The fourth-order valence-corrected chi connectivity index (χ4v) is 3.27. The number of amides is 1. The molecule has 8 heteroatoms. The molecular formula is C19H25N5O3. The smallest absolute Gasteiger partial charge is 0.224 e. The number of carbonyl (C=O) groups is 1. The number of tetrazole rings is 1. The molecule has 8 nitrogen and oxygen atoms in total. The highest BCUT2D eigenvalue weighted by Crippen LogP contribution is 2.30. The van der Waals surface area contributed by atoms with Gasteiger partial charge in [-0.05, 0) is 60.2 Å². The molecule has 2 fully saturated rings. The standard InChI is InChI=1S/C19H25N5O3/c1-13-21-22-23-24(13)16-6-4-14(5-7-16)10-19(25)20-17-12-26-9-8-18(17)27-11-15-2-3-15/h4-7,15,17-18H,2-3,8-12H2,1H3,(H,20,25)/t17-,18+/m1/s1. The first kappa shape index (κ1) is 18.1. The minimum absolute atomic E-state index is 0.0168. The second kappa shape index (κ2) is 8.14. The number of nitrogens with one attached hydrogen (secondary N) is 1. The minimum atomic E-state index is -0.0758. The van der Waals surface area contributed by atoms with Crippen LogP contribution in [0.4, 0.5) is 0 Å². The SMILES string of the molecule is Cc1nnnn1-c1ccc(CC(=O)N[C@@H]2COCC[C@@H]2OCC2CC2)cc1. The first-order chi connectivity index (χ1) is 13.2. The molecule has 4 rings (SSSR count). The normalized spacial score (nSPS) is 22.6. The van der Waals surface area contributed by atoms with Crippen molar-refractivity contribution in [2.24, 2.45) is 5.92 Å². The van der Waals surface area contributed by atoms with E-state index >= 15 is 0 Å². The molecule has 1 amide bonds. The van der Waals surface area contributed by atoms with Crippen molar-refractivity contribution in [3.05, 3.63) is 35.7 Å². The maximum absolute atomic E-state index is 12.5. The Bertz CT molecular complexity index is 772. The van der Waals surface area contributed by atoms with Gasteiger partial charge in [-0.3, -0.25) is 4.79 Å². The maximum atomic E-state index is 12.5. The summed E-state index contributed by atoms with van der Waals surface area (Å²) in [6, 6.07) is 7.60. The summed E-state index contributed by atoms with van der Waals surface area (Å²) in [5, 5.41) is 14.6. The molecule has 1 saturated carbocycles. The Labute approximate surface area is 158 Å². The lowest BCUT2D eigenvalue weighted by Crippen LogP contribution is -2.51. The van der Waals surface area contributed by atoms with E-state index in [2.05, 4.69) is 20.8 Å². The first-order valence-corrected chi connectivity index (χ1v) is 9.52. The van der Waals surface area contributed by atoms with Gasteiger partial charge in [0.15, 0.2) is 5.82 Å². The Morgan fingerprint density at radius 3 is 2.81 bits per heavy atom. The molecule has 1 saturated heterocycles. The minimum Gasteiger partial charge on any atom is -0.379 e. The van der Waals surface area contributed by atoms with Crippen LogP contribution in [0, 0.1) is 12.8 Å². The van der Waals surface area contributed by atoms with Crippen LogP contribution in [0.2, 0.25) is 0 Å². The summed E-state index contributed by atoms with van der Waals surface area (Å²) >= 11 is 0.